The second-order valence-electron chi connectivity index (χ2n) is 5.69. The standard InChI is InChI=1S/C18H10FN3O3S/c19-13-3-1-2-11-15-17(26-16(11)13)14(12(8-20)18(21)25-15)9-4-6-10(7-5-9)22(23)24/h1-7,14H,21H2. The van der Waals surface area contributed by atoms with Gasteiger partial charge >= 0.3 is 0 Å². The number of thiophene rings is 1. The van der Waals surface area contributed by atoms with Crippen LogP contribution in [0, 0.1) is 27.3 Å². The summed E-state index contributed by atoms with van der Waals surface area (Å²) in [5, 5.41) is 21.0. The molecule has 1 aromatic heterocycles. The lowest BCUT2D eigenvalue weighted by atomic mass is 9.88. The van der Waals surface area contributed by atoms with Gasteiger partial charge in [-0.1, -0.05) is 18.2 Å². The normalized spacial score (nSPS) is 16.1. The molecule has 0 bridgehead atoms. The fourth-order valence-electron chi connectivity index (χ4n) is 3.04. The van der Waals surface area contributed by atoms with Gasteiger partial charge in [0.05, 0.1) is 20.4 Å². The molecule has 0 spiro atoms. The Morgan fingerprint density at radius 2 is 2.00 bits per heavy atom. The molecule has 2 heterocycles. The summed E-state index contributed by atoms with van der Waals surface area (Å²) in [6, 6.07) is 12.6. The molecule has 128 valence electrons. The Morgan fingerprint density at radius 1 is 1.27 bits per heavy atom. The van der Waals surface area contributed by atoms with Crippen molar-refractivity contribution in [2.24, 2.45) is 5.73 Å². The van der Waals surface area contributed by atoms with E-state index in [1.807, 2.05) is 6.07 Å². The highest BCUT2D eigenvalue weighted by Crippen LogP contribution is 2.50. The van der Waals surface area contributed by atoms with E-state index in [4.69, 9.17) is 10.5 Å². The van der Waals surface area contributed by atoms with Crippen molar-refractivity contribution >= 4 is 27.1 Å². The van der Waals surface area contributed by atoms with E-state index in [1.165, 1.54) is 29.5 Å². The van der Waals surface area contributed by atoms with Gasteiger partial charge in [0.2, 0.25) is 5.88 Å². The number of nitriles is 1. The van der Waals surface area contributed by atoms with Gasteiger partial charge in [0.15, 0.2) is 5.75 Å². The first kappa shape index (κ1) is 16.1. The monoisotopic (exact) mass is 367 g/mol. The predicted molar refractivity (Wildman–Crippen MR) is 94.2 cm³/mol. The zero-order chi connectivity index (χ0) is 18.4. The Hall–Kier alpha value is -3.44. The van der Waals surface area contributed by atoms with Crippen LogP contribution in [0.4, 0.5) is 10.1 Å². The smallest absolute Gasteiger partial charge is 0.269 e. The second-order valence-corrected chi connectivity index (χ2v) is 6.74. The van der Waals surface area contributed by atoms with Crippen molar-refractivity contribution < 1.29 is 14.1 Å². The van der Waals surface area contributed by atoms with Crippen LogP contribution in [0.2, 0.25) is 0 Å². The van der Waals surface area contributed by atoms with Crippen molar-refractivity contribution in [1.82, 2.24) is 0 Å². The van der Waals surface area contributed by atoms with Gasteiger partial charge in [-0.25, -0.2) is 4.39 Å². The summed E-state index contributed by atoms with van der Waals surface area (Å²) in [4.78, 5) is 11.0. The number of nitro benzene ring substituents is 1. The fourth-order valence-corrected chi connectivity index (χ4v) is 4.31. The molecule has 0 amide bonds. The first-order chi connectivity index (χ1) is 12.5. The number of hydrogen-bond acceptors (Lipinski definition) is 6. The Kier molecular flexibility index (Phi) is 3.60. The first-order valence-electron chi connectivity index (χ1n) is 7.54. The van der Waals surface area contributed by atoms with Gasteiger partial charge < -0.3 is 10.5 Å². The molecule has 0 fully saturated rings. The Bertz CT molecular complexity index is 1130. The fraction of sp³-hybridized carbons (Fsp3) is 0.0556. The topological polar surface area (TPSA) is 102 Å². The molecule has 0 saturated heterocycles. The molecule has 0 saturated carbocycles. The number of halogens is 1. The molecule has 0 radical (unpaired) electrons. The largest absolute Gasteiger partial charge is 0.439 e. The van der Waals surface area contributed by atoms with Crippen molar-refractivity contribution in [3.05, 3.63) is 80.3 Å². The quantitative estimate of drug-likeness (QED) is 0.541. The molecule has 2 N–H and O–H groups in total. The van der Waals surface area contributed by atoms with Crippen molar-refractivity contribution in [2.75, 3.05) is 0 Å². The average molecular weight is 367 g/mol. The number of ether oxygens (including phenoxy) is 1. The lowest BCUT2D eigenvalue weighted by Crippen LogP contribution is -2.19. The molecule has 1 aliphatic rings. The van der Waals surface area contributed by atoms with Gasteiger partial charge in [-0.05, 0) is 17.7 Å². The van der Waals surface area contributed by atoms with Crippen LogP contribution in [0.15, 0.2) is 53.9 Å². The first-order valence-corrected chi connectivity index (χ1v) is 8.35. The SMILES string of the molecule is N#CC1=C(N)Oc2c(sc3c(F)cccc23)C1c1ccc([N+](=O)[O-])cc1. The number of hydrogen-bond donors (Lipinski definition) is 1. The number of nitrogens with two attached hydrogens (primary N) is 1. The van der Waals surface area contributed by atoms with E-state index in [9.17, 15) is 19.8 Å². The third kappa shape index (κ3) is 2.29. The summed E-state index contributed by atoms with van der Waals surface area (Å²) in [7, 11) is 0. The molecular weight excluding hydrogens is 357 g/mol. The highest BCUT2D eigenvalue weighted by molar-refractivity contribution is 7.19. The van der Waals surface area contributed by atoms with E-state index in [0.717, 1.165) is 0 Å². The minimum atomic E-state index is -0.568. The second kappa shape index (κ2) is 5.82. The van der Waals surface area contributed by atoms with Crippen molar-refractivity contribution in [1.29, 1.82) is 5.26 Å². The molecule has 0 aliphatic carbocycles. The Balaban J connectivity index is 1.95. The third-order valence-electron chi connectivity index (χ3n) is 4.23. The molecule has 2 aromatic carbocycles. The van der Waals surface area contributed by atoms with Gasteiger partial charge in [0, 0.05) is 17.5 Å². The highest BCUT2D eigenvalue weighted by atomic mass is 32.1. The van der Waals surface area contributed by atoms with Gasteiger partial charge in [-0.2, -0.15) is 5.26 Å². The number of rotatable bonds is 2. The third-order valence-corrected chi connectivity index (χ3v) is 5.49. The molecular formula is C18H10FN3O3S. The molecule has 1 unspecified atom stereocenters. The van der Waals surface area contributed by atoms with E-state index >= 15 is 0 Å². The van der Waals surface area contributed by atoms with E-state index in [1.54, 1.807) is 24.3 Å². The maximum atomic E-state index is 14.2. The Labute approximate surface area is 150 Å². The van der Waals surface area contributed by atoms with E-state index in [-0.39, 0.29) is 23.0 Å². The molecule has 8 heteroatoms. The molecule has 4 rings (SSSR count). The summed E-state index contributed by atoms with van der Waals surface area (Å²) in [5.74, 6) is -0.581. The minimum Gasteiger partial charge on any atom is -0.439 e. The summed E-state index contributed by atoms with van der Waals surface area (Å²) < 4.78 is 20.2. The van der Waals surface area contributed by atoms with Crippen molar-refractivity contribution in [3.8, 4) is 11.8 Å². The van der Waals surface area contributed by atoms with E-state index in [0.29, 0.717) is 26.3 Å². The zero-order valence-electron chi connectivity index (χ0n) is 13.1. The van der Waals surface area contributed by atoms with Gasteiger partial charge in [0.25, 0.3) is 5.69 Å². The van der Waals surface area contributed by atoms with E-state index < -0.39 is 10.8 Å². The number of benzene rings is 2. The zero-order valence-corrected chi connectivity index (χ0v) is 13.9. The van der Waals surface area contributed by atoms with E-state index in [2.05, 4.69) is 0 Å². The summed E-state index contributed by atoms with van der Waals surface area (Å²) in [6.07, 6.45) is 0. The lowest BCUT2D eigenvalue weighted by molar-refractivity contribution is -0.384. The maximum absolute atomic E-state index is 14.2. The number of fused-ring (bicyclic) bond motifs is 3. The van der Waals surface area contributed by atoms with Crippen molar-refractivity contribution in [3.63, 3.8) is 0 Å². The summed E-state index contributed by atoms with van der Waals surface area (Å²) in [5.41, 5.74) is 6.72. The molecule has 26 heavy (non-hydrogen) atoms. The average Bonchev–Trinajstić information content (AvgIpc) is 3.00. The van der Waals surface area contributed by atoms with Gasteiger partial charge in [-0.15, -0.1) is 11.3 Å². The van der Waals surface area contributed by atoms with Crippen LogP contribution < -0.4 is 10.5 Å². The molecule has 6 nitrogen and oxygen atoms in total. The van der Waals surface area contributed by atoms with Crippen LogP contribution in [-0.2, 0) is 0 Å². The minimum absolute atomic E-state index is 0.0488. The van der Waals surface area contributed by atoms with Crippen LogP contribution in [0.5, 0.6) is 5.75 Å². The van der Waals surface area contributed by atoms with Crippen molar-refractivity contribution in [2.45, 2.75) is 5.92 Å². The van der Waals surface area contributed by atoms with Crippen LogP contribution >= 0.6 is 11.3 Å². The molecule has 1 atom stereocenters. The number of non-ortho nitro benzene ring substituents is 1. The molecule has 3 aromatic rings. The summed E-state index contributed by atoms with van der Waals surface area (Å²) >= 11 is 1.19. The predicted octanol–water partition coefficient (Wildman–Crippen LogP) is 4.17. The number of nitrogens with zero attached hydrogens (tertiary/aromatic N) is 2. The Morgan fingerprint density at radius 3 is 2.65 bits per heavy atom. The van der Waals surface area contributed by atoms with Gasteiger partial charge in [0.1, 0.15) is 17.5 Å². The number of allylic oxidation sites excluding steroid dienone is 1. The molecule has 1 aliphatic heterocycles. The van der Waals surface area contributed by atoms with Gasteiger partial charge in [-0.3, -0.25) is 10.1 Å². The summed E-state index contributed by atoms with van der Waals surface area (Å²) in [6.45, 7) is 0. The highest BCUT2D eigenvalue weighted by Gasteiger charge is 2.34. The van der Waals surface area contributed by atoms with Crippen LogP contribution in [0.1, 0.15) is 16.4 Å². The van der Waals surface area contributed by atoms with Crippen LogP contribution in [-0.4, -0.2) is 4.92 Å². The van der Waals surface area contributed by atoms with Crippen LogP contribution in [0.3, 0.4) is 0 Å². The lowest BCUT2D eigenvalue weighted by Gasteiger charge is -2.23. The maximum Gasteiger partial charge on any atom is 0.269 e. The van der Waals surface area contributed by atoms with Crippen LogP contribution in [0.25, 0.3) is 10.1 Å². The number of nitro groups is 1.